The van der Waals surface area contributed by atoms with Crippen LogP contribution in [0.25, 0.3) is 0 Å². The van der Waals surface area contributed by atoms with E-state index in [0.29, 0.717) is 25.7 Å². The van der Waals surface area contributed by atoms with Gasteiger partial charge in [-0.1, -0.05) is 309 Å². The fraction of sp³-hybridized carbons (Fsp3) is 0.892. The molecule has 0 rings (SSSR count). The van der Waals surface area contributed by atoms with Crippen molar-refractivity contribution in [3.63, 3.8) is 0 Å². The van der Waals surface area contributed by atoms with Crippen LogP contribution in [-0.4, -0.2) is 96.7 Å². The molecule has 0 aromatic heterocycles. The minimum atomic E-state index is -4.96. The lowest BCUT2D eigenvalue weighted by Gasteiger charge is -2.21. The predicted octanol–water partition coefficient (Wildman–Crippen LogP) is 21.2. The highest BCUT2D eigenvalue weighted by Gasteiger charge is 2.30. The summed E-state index contributed by atoms with van der Waals surface area (Å²) in [4.78, 5) is 72.7. The van der Waals surface area contributed by atoms with Crippen LogP contribution in [0, 0.1) is 5.92 Å². The second-order valence-corrected chi connectivity index (χ2v) is 29.4. The Bertz CT molecular complexity index is 1880. The smallest absolute Gasteiger partial charge is 0.462 e. The number of rotatable bonds is 72. The molecule has 0 radical (unpaired) electrons. The maximum atomic E-state index is 13.1. The van der Waals surface area contributed by atoms with Gasteiger partial charge in [0.1, 0.15) is 19.3 Å². The van der Waals surface area contributed by atoms with Crippen molar-refractivity contribution in [2.45, 2.75) is 380 Å². The Kier molecular flexibility index (Phi) is 65.0. The molecule has 2 unspecified atom stereocenters. The largest absolute Gasteiger partial charge is 0.472 e. The summed E-state index contributed by atoms with van der Waals surface area (Å²) < 4.78 is 68.4. The molecule has 0 heterocycles. The van der Waals surface area contributed by atoms with Gasteiger partial charge in [-0.3, -0.25) is 37.3 Å². The monoisotopic (exact) mass is 1360 g/mol. The van der Waals surface area contributed by atoms with Gasteiger partial charge >= 0.3 is 39.5 Å². The van der Waals surface area contributed by atoms with Crippen molar-refractivity contribution < 1.29 is 80.2 Å². The number of unbranched alkanes of at least 4 members (excludes halogenated alkanes) is 41. The third-order valence-electron chi connectivity index (χ3n) is 16.7. The summed E-state index contributed by atoms with van der Waals surface area (Å²) in [6.45, 7) is 7.20. The molecule has 0 aromatic carbocycles. The molecule has 0 aliphatic rings. The van der Waals surface area contributed by atoms with Crippen molar-refractivity contribution in [2.75, 3.05) is 39.6 Å². The van der Waals surface area contributed by atoms with Crippen LogP contribution in [0.4, 0.5) is 0 Å². The minimum Gasteiger partial charge on any atom is -0.462 e. The van der Waals surface area contributed by atoms with E-state index in [-0.39, 0.29) is 25.7 Å². The standard InChI is InChI=1S/C74H140O17P2/c1-6-9-12-15-18-21-24-27-28-31-34-39-45-50-55-60-74(79)90-69(63-84-71(76)57-52-47-42-37-32-29-25-22-19-16-13-10-7-2)65-88-92(80,81)86-61-68(75)62-87-93(82,83)89-66-70(64-85-72(77)58-53-48-43-40-35-36-41-46-51-56-67(4)5)91-73(78)59-54-49-44-38-33-30-26-23-20-17-14-11-8-3/h21,24,27-28,67-70,75H,6-20,22-23,25-26,29-66H2,1-5H3,(H,80,81)(H,82,83)/b24-21-,28-27-/t68-,69-,70-/m1/s1. The first kappa shape index (κ1) is 90.5. The maximum absolute atomic E-state index is 13.1. The van der Waals surface area contributed by atoms with E-state index in [2.05, 4.69) is 58.9 Å². The number of phosphoric acid groups is 2. The fourth-order valence-electron chi connectivity index (χ4n) is 10.8. The maximum Gasteiger partial charge on any atom is 0.472 e. The number of aliphatic hydroxyl groups is 1. The van der Waals surface area contributed by atoms with Gasteiger partial charge in [-0.25, -0.2) is 9.13 Å². The van der Waals surface area contributed by atoms with E-state index in [1.165, 1.54) is 173 Å². The van der Waals surface area contributed by atoms with Gasteiger partial charge in [-0.05, 0) is 57.3 Å². The van der Waals surface area contributed by atoms with Gasteiger partial charge in [0.25, 0.3) is 0 Å². The number of ether oxygens (including phenoxy) is 4. The first-order valence-corrected chi connectivity index (χ1v) is 40.9. The fourth-order valence-corrected chi connectivity index (χ4v) is 12.4. The highest BCUT2D eigenvalue weighted by molar-refractivity contribution is 7.47. The Labute approximate surface area is 567 Å². The molecule has 0 spiro atoms. The van der Waals surface area contributed by atoms with E-state index in [1.807, 2.05) is 0 Å². The Morgan fingerprint density at radius 2 is 0.581 bits per heavy atom. The average Bonchev–Trinajstić information content (AvgIpc) is 2.23. The number of allylic oxidation sites excluding steroid dienone is 4. The van der Waals surface area contributed by atoms with Crippen LogP contribution >= 0.6 is 15.6 Å². The summed E-state index contributed by atoms with van der Waals surface area (Å²) in [5, 5.41) is 10.6. The van der Waals surface area contributed by atoms with E-state index in [9.17, 15) is 43.2 Å². The van der Waals surface area contributed by atoms with Crippen LogP contribution in [0.5, 0.6) is 0 Å². The van der Waals surface area contributed by atoms with Gasteiger partial charge < -0.3 is 33.8 Å². The zero-order chi connectivity index (χ0) is 68.4. The Hall–Kier alpha value is -2.46. The number of hydrogen-bond donors (Lipinski definition) is 3. The summed E-state index contributed by atoms with van der Waals surface area (Å²) in [6.07, 6.45) is 57.5. The normalized spacial score (nSPS) is 14.2. The molecule has 0 amide bonds. The SMILES string of the molecule is CCCCCC/C=C\C=C/CCCCCCCC(=O)O[C@H](COC(=O)CCCCCCCCCCCCCCC)COP(=O)(O)OC[C@@H](O)COP(=O)(O)OC[C@@H](COC(=O)CCCCCCCCCCCC(C)C)OC(=O)CCCCCCCCCCCCCCC. The average molecular weight is 1360 g/mol. The summed E-state index contributed by atoms with van der Waals surface area (Å²) in [6, 6.07) is 0. The third kappa shape index (κ3) is 67.9. The van der Waals surface area contributed by atoms with Crippen molar-refractivity contribution in [3.8, 4) is 0 Å². The molecule has 0 aliphatic carbocycles. The van der Waals surface area contributed by atoms with Crippen LogP contribution < -0.4 is 0 Å². The molecule has 0 aliphatic heterocycles. The van der Waals surface area contributed by atoms with Crippen LogP contribution in [0.3, 0.4) is 0 Å². The molecule has 0 fully saturated rings. The molecule has 0 saturated carbocycles. The molecule has 0 aromatic rings. The van der Waals surface area contributed by atoms with Gasteiger partial charge in [0.2, 0.25) is 0 Å². The van der Waals surface area contributed by atoms with E-state index in [0.717, 1.165) is 109 Å². The molecular formula is C74H140O17P2. The Morgan fingerprint density at radius 1 is 0.333 bits per heavy atom. The number of phosphoric ester groups is 2. The number of carbonyl (C=O) groups excluding carboxylic acids is 4. The molecular weight excluding hydrogens is 1220 g/mol. The Morgan fingerprint density at radius 3 is 0.882 bits per heavy atom. The summed E-state index contributed by atoms with van der Waals surface area (Å²) in [5.41, 5.74) is 0. The van der Waals surface area contributed by atoms with Crippen molar-refractivity contribution in [1.29, 1.82) is 0 Å². The zero-order valence-corrected chi connectivity index (χ0v) is 61.7. The summed E-state index contributed by atoms with van der Waals surface area (Å²) in [7, 11) is -9.92. The molecule has 19 heteroatoms. The number of esters is 4. The van der Waals surface area contributed by atoms with Crippen LogP contribution in [0.15, 0.2) is 24.3 Å². The number of aliphatic hydroxyl groups excluding tert-OH is 1. The third-order valence-corrected chi connectivity index (χ3v) is 18.6. The van der Waals surface area contributed by atoms with Crippen molar-refractivity contribution in [3.05, 3.63) is 24.3 Å². The first-order chi connectivity index (χ1) is 45.0. The van der Waals surface area contributed by atoms with Gasteiger partial charge in [-0.15, -0.1) is 0 Å². The number of carbonyl (C=O) groups is 4. The lowest BCUT2D eigenvalue weighted by atomic mass is 10.0. The van der Waals surface area contributed by atoms with Gasteiger partial charge in [0.15, 0.2) is 12.2 Å². The van der Waals surface area contributed by atoms with Crippen LogP contribution in [0.2, 0.25) is 0 Å². The molecule has 93 heavy (non-hydrogen) atoms. The highest BCUT2D eigenvalue weighted by atomic mass is 31.2. The van der Waals surface area contributed by atoms with E-state index in [4.69, 9.17) is 37.0 Å². The quantitative estimate of drug-likeness (QED) is 0.0169. The van der Waals surface area contributed by atoms with Crippen molar-refractivity contribution >= 4 is 39.5 Å². The van der Waals surface area contributed by atoms with Crippen LogP contribution in [0.1, 0.15) is 362 Å². The van der Waals surface area contributed by atoms with E-state index >= 15 is 0 Å². The molecule has 3 N–H and O–H groups in total. The lowest BCUT2D eigenvalue weighted by molar-refractivity contribution is -0.161. The first-order valence-electron chi connectivity index (χ1n) is 38.0. The molecule has 0 saturated heterocycles. The summed E-state index contributed by atoms with van der Waals surface area (Å²) >= 11 is 0. The predicted molar refractivity (Wildman–Crippen MR) is 377 cm³/mol. The molecule has 17 nitrogen and oxygen atoms in total. The molecule has 0 bridgehead atoms. The minimum absolute atomic E-state index is 0.0856. The lowest BCUT2D eigenvalue weighted by Crippen LogP contribution is -2.30. The van der Waals surface area contributed by atoms with E-state index in [1.54, 1.807) is 0 Å². The molecule has 548 valence electrons. The zero-order valence-electron chi connectivity index (χ0n) is 59.9. The molecule has 5 atom stereocenters. The highest BCUT2D eigenvalue weighted by Crippen LogP contribution is 2.45. The Balaban J connectivity index is 5.30. The van der Waals surface area contributed by atoms with Gasteiger partial charge in [-0.2, -0.15) is 0 Å². The van der Waals surface area contributed by atoms with Crippen LogP contribution in [-0.2, 0) is 65.4 Å². The van der Waals surface area contributed by atoms with E-state index < -0.39 is 97.5 Å². The second-order valence-electron chi connectivity index (χ2n) is 26.5. The van der Waals surface area contributed by atoms with Gasteiger partial charge in [0, 0.05) is 25.7 Å². The topological polar surface area (TPSA) is 237 Å². The van der Waals surface area contributed by atoms with Crippen molar-refractivity contribution in [2.24, 2.45) is 5.92 Å². The van der Waals surface area contributed by atoms with Crippen molar-refractivity contribution in [1.82, 2.24) is 0 Å². The summed E-state index contributed by atoms with van der Waals surface area (Å²) in [5.74, 6) is -1.40. The number of hydrogen-bond acceptors (Lipinski definition) is 15. The van der Waals surface area contributed by atoms with Gasteiger partial charge in [0.05, 0.1) is 26.4 Å². The second kappa shape index (κ2) is 66.8.